The second-order valence-electron chi connectivity index (χ2n) is 4.63. The summed E-state index contributed by atoms with van der Waals surface area (Å²) in [6.07, 6.45) is 6.54. The average molecular weight is 240 g/mol. The Morgan fingerprint density at radius 3 is 2.75 bits per heavy atom. The zero-order chi connectivity index (χ0) is 11.5. The van der Waals surface area contributed by atoms with Crippen molar-refractivity contribution in [2.75, 3.05) is 6.61 Å². The summed E-state index contributed by atoms with van der Waals surface area (Å²) in [5.74, 6) is 0.636. The molecule has 1 fully saturated rings. The zero-order valence-electron chi connectivity index (χ0n) is 9.78. The predicted octanol–water partition coefficient (Wildman–Crippen LogP) is 2.49. The van der Waals surface area contributed by atoms with E-state index in [-0.39, 0.29) is 12.6 Å². The molecule has 16 heavy (non-hydrogen) atoms. The van der Waals surface area contributed by atoms with Gasteiger partial charge in [0.2, 0.25) is 0 Å². The van der Waals surface area contributed by atoms with E-state index < -0.39 is 0 Å². The van der Waals surface area contributed by atoms with Gasteiger partial charge in [0, 0.05) is 10.8 Å². The largest absolute Gasteiger partial charge is 0.394 e. The van der Waals surface area contributed by atoms with E-state index in [2.05, 4.69) is 4.98 Å². The molecule has 1 aromatic rings. The second-order valence-corrected chi connectivity index (χ2v) is 5.69. The van der Waals surface area contributed by atoms with Crippen molar-refractivity contribution in [2.24, 2.45) is 5.73 Å². The third kappa shape index (κ3) is 2.44. The molecule has 1 aliphatic carbocycles. The molecule has 2 rings (SSSR count). The van der Waals surface area contributed by atoms with Crippen LogP contribution in [0.25, 0.3) is 0 Å². The summed E-state index contributed by atoms with van der Waals surface area (Å²) in [4.78, 5) is 5.69. The summed E-state index contributed by atoms with van der Waals surface area (Å²) < 4.78 is 0. The van der Waals surface area contributed by atoms with E-state index >= 15 is 0 Å². The Balaban J connectivity index is 2.16. The Bertz CT molecular complexity index is 345. The maximum Gasteiger partial charge on any atom is 0.0962 e. The van der Waals surface area contributed by atoms with Crippen LogP contribution in [0, 0.1) is 6.92 Å². The molecule has 90 valence electrons. The van der Waals surface area contributed by atoms with Crippen molar-refractivity contribution in [3.8, 4) is 0 Å². The van der Waals surface area contributed by atoms with Crippen LogP contribution in [0.1, 0.15) is 59.6 Å². The van der Waals surface area contributed by atoms with Gasteiger partial charge in [-0.1, -0.05) is 19.3 Å². The molecule has 1 saturated carbocycles. The fraction of sp³-hybridized carbons (Fsp3) is 0.750. The van der Waals surface area contributed by atoms with Gasteiger partial charge in [-0.2, -0.15) is 0 Å². The standard InChI is InChI=1S/C12H20N2OS/c1-8-11(10(13)7-15)16-12(14-8)9-5-3-2-4-6-9/h9-10,15H,2-7,13H2,1H3. The molecule has 1 aromatic heterocycles. The van der Waals surface area contributed by atoms with Crippen LogP contribution in [0.5, 0.6) is 0 Å². The Hall–Kier alpha value is -0.450. The van der Waals surface area contributed by atoms with Crippen LogP contribution < -0.4 is 5.73 Å². The topological polar surface area (TPSA) is 59.1 Å². The van der Waals surface area contributed by atoms with Gasteiger partial charge in [-0.3, -0.25) is 0 Å². The van der Waals surface area contributed by atoms with Crippen molar-refractivity contribution in [3.63, 3.8) is 0 Å². The first-order chi connectivity index (χ1) is 7.72. The molecule has 3 nitrogen and oxygen atoms in total. The molecule has 0 amide bonds. The SMILES string of the molecule is Cc1nc(C2CCCCC2)sc1C(N)CO. The molecule has 1 atom stereocenters. The van der Waals surface area contributed by atoms with Crippen molar-refractivity contribution in [3.05, 3.63) is 15.6 Å². The molecular formula is C12H20N2OS. The minimum Gasteiger partial charge on any atom is -0.394 e. The number of rotatable bonds is 3. The number of nitrogens with zero attached hydrogens (tertiary/aromatic N) is 1. The van der Waals surface area contributed by atoms with Crippen LogP contribution in [-0.4, -0.2) is 16.7 Å². The van der Waals surface area contributed by atoms with E-state index in [1.807, 2.05) is 6.92 Å². The summed E-state index contributed by atoms with van der Waals surface area (Å²) in [7, 11) is 0. The Morgan fingerprint density at radius 2 is 2.12 bits per heavy atom. The lowest BCUT2D eigenvalue weighted by molar-refractivity contribution is 0.269. The summed E-state index contributed by atoms with van der Waals surface area (Å²) in [6.45, 7) is 2.00. The number of hydrogen-bond acceptors (Lipinski definition) is 4. The lowest BCUT2D eigenvalue weighted by atomic mass is 9.90. The predicted molar refractivity (Wildman–Crippen MR) is 66.7 cm³/mol. The lowest BCUT2D eigenvalue weighted by Crippen LogP contribution is -2.13. The van der Waals surface area contributed by atoms with E-state index in [0.717, 1.165) is 10.6 Å². The Labute approximate surface area is 101 Å². The van der Waals surface area contributed by atoms with Crippen molar-refractivity contribution in [1.82, 2.24) is 4.98 Å². The average Bonchev–Trinajstić information content (AvgIpc) is 2.71. The molecule has 0 bridgehead atoms. The molecule has 1 unspecified atom stereocenters. The van der Waals surface area contributed by atoms with Crippen LogP contribution in [-0.2, 0) is 0 Å². The van der Waals surface area contributed by atoms with Crippen molar-refractivity contribution < 1.29 is 5.11 Å². The maximum atomic E-state index is 9.09. The molecule has 1 heterocycles. The van der Waals surface area contributed by atoms with Crippen molar-refractivity contribution in [2.45, 2.75) is 51.0 Å². The summed E-state index contributed by atoms with van der Waals surface area (Å²) in [5, 5.41) is 10.3. The minimum absolute atomic E-state index is 0.00708. The van der Waals surface area contributed by atoms with Gasteiger partial charge in [-0.25, -0.2) is 4.98 Å². The van der Waals surface area contributed by atoms with Gasteiger partial charge in [-0.05, 0) is 19.8 Å². The van der Waals surface area contributed by atoms with E-state index in [0.29, 0.717) is 5.92 Å². The molecule has 0 aromatic carbocycles. The molecule has 0 spiro atoms. The van der Waals surface area contributed by atoms with Gasteiger partial charge in [0.15, 0.2) is 0 Å². The van der Waals surface area contributed by atoms with Gasteiger partial charge >= 0.3 is 0 Å². The molecule has 4 heteroatoms. The first kappa shape index (κ1) is 12.0. The first-order valence-corrected chi connectivity index (χ1v) is 6.87. The number of aliphatic hydroxyl groups excluding tert-OH is 1. The van der Waals surface area contributed by atoms with Gasteiger partial charge in [0.1, 0.15) is 0 Å². The van der Waals surface area contributed by atoms with Crippen LogP contribution in [0.4, 0.5) is 0 Å². The quantitative estimate of drug-likeness (QED) is 0.853. The van der Waals surface area contributed by atoms with Crippen LogP contribution in [0.3, 0.4) is 0 Å². The molecule has 1 aliphatic rings. The van der Waals surface area contributed by atoms with Gasteiger partial charge in [0.05, 0.1) is 23.4 Å². The highest BCUT2D eigenvalue weighted by atomic mass is 32.1. The number of nitrogens with two attached hydrogens (primary N) is 1. The fourth-order valence-electron chi connectivity index (χ4n) is 2.38. The number of hydrogen-bond donors (Lipinski definition) is 2. The van der Waals surface area contributed by atoms with E-state index in [9.17, 15) is 0 Å². The monoisotopic (exact) mass is 240 g/mol. The normalized spacial score (nSPS) is 19.9. The lowest BCUT2D eigenvalue weighted by Gasteiger charge is -2.18. The molecule has 0 aliphatic heterocycles. The van der Waals surface area contributed by atoms with Crippen LogP contribution in [0.2, 0.25) is 0 Å². The number of aryl methyl sites for hydroxylation is 1. The number of aliphatic hydroxyl groups is 1. The first-order valence-electron chi connectivity index (χ1n) is 6.06. The zero-order valence-corrected chi connectivity index (χ0v) is 10.6. The Kier molecular flexibility index (Phi) is 3.95. The van der Waals surface area contributed by atoms with Crippen LogP contribution in [0.15, 0.2) is 0 Å². The highest BCUT2D eigenvalue weighted by molar-refractivity contribution is 7.11. The highest BCUT2D eigenvalue weighted by Gasteiger charge is 2.21. The van der Waals surface area contributed by atoms with E-state index in [1.54, 1.807) is 11.3 Å². The molecule has 0 saturated heterocycles. The number of thiazole rings is 1. The van der Waals surface area contributed by atoms with Crippen LogP contribution >= 0.6 is 11.3 Å². The fourth-order valence-corrected chi connectivity index (χ4v) is 3.61. The summed E-state index contributed by atoms with van der Waals surface area (Å²) in [6, 6.07) is -0.255. The summed E-state index contributed by atoms with van der Waals surface area (Å²) >= 11 is 1.70. The second kappa shape index (κ2) is 5.25. The maximum absolute atomic E-state index is 9.09. The van der Waals surface area contributed by atoms with Gasteiger partial charge < -0.3 is 10.8 Å². The highest BCUT2D eigenvalue weighted by Crippen LogP contribution is 2.36. The minimum atomic E-state index is -0.255. The third-order valence-electron chi connectivity index (χ3n) is 3.34. The van der Waals surface area contributed by atoms with Gasteiger partial charge in [0.25, 0.3) is 0 Å². The van der Waals surface area contributed by atoms with E-state index in [1.165, 1.54) is 37.1 Å². The number of aromatic nitrogens is 1. The van der Waals surface area contributed by atoms with E-state index in [4.69, 9.17) is 10.8 Å². The van der Waals surface area contributed by atoms with Crippen molar-refractivity contribution in [1.29, 1.82) is 0 Å². The molecular weight excluding hydrogens is 220 g/mol. The molecule has 3 N–H and O–H groups in total. The van der Waals surface area contributed by atoms with Crippen molar-refractivity contribution >= 4 is 11.3 Å². The van der Waals surface area contributed by atoms with Gasteiger partial charge in [-0.15, -0.1) is 11.3 Å². The molecule has 0 radical (unpaired) electrons. The Morgan fingerprint density at radius 1 is 1.44 bits per heavy atom. The summed E-state index contributed by atoms with van der Waals surface area (Å²) in [5.41, 5.74) is 6.86. The smallest absolute Gasteiger partial charge is 0.0962 e. The third-order valence-corrected chi connectivity index (χ3v) is 4.79.